The number of aliphatic carboxylic acids is 1. The van der Waals surface area contributed by atoms with Gasteiger partial charge in [-0.15, -0.1) is 0 Å². The number of aryl methyl sites for hydroxylation is 1. The van der Waals surface area contributed by atoms with E-state index in [2.05, 4.69) is 0 Å². The molecule has 2 rings (SSSR count). The summed E-state index contributed by atoms with van der Waals surface area (Å²) in [5, 5.41) is 19.7. The molecular formula is C15H13NO4S. The molecule has 6 heteroatoms. The Morgan fingerprint density at radius 3 is 2.48 bits per heavy atom. The van der Waals surface area contributed by atoms with Crippen LogP contribution in [-0.2, 0) is 11.2 Å². The minimum Gasteiger partial charge on any atom is -0.481 e. The fraction of sp³-hybridized carbons (Fsp3) is 0.133. The molecule has 0 atom stereocenters. The van der Waals surface area contributed by atoms with Gasteiger partial charge in [0.2, 0.25) is 0 Å². The molecule has 0 aliphatic heterocycles. The summed E-state index contributed by atoms with van der Waals surface area (Å²) >= 11 is 1.30. The topological polar surface area (TPSA) is 80.4 Å². The van der Waals surface area contributed by atoms with Crippen LogP contribution < -0.4 is 0 Å². The molecule has 0 radical (unpaired) electrons. The number of nitro groups is 1. The number of nitrogens with zero attached hydrogens (tertiary/aromatic N) is 1. The Bertz CT molecular complexity index is 683. The van der Waals surface area contributed by atoms with E-state index in [1.165, 1.54) is 17.8 Å². The lowest BCUT2D eigenvalue weighted by atomic mass is 10.2. The maximum atomic E-state index is 11.0. The van der Waals surface area contributed by atoms with Crippen LogP contribution in [0.2, 0.25) is 0 Å². The van der Waals surface area contributed by atoms with Gasteiger partial charge < -0.3 is 5.11 Å². The average molecular weight is 303 g/mol. The summed E-state index contributed by atoms with van der Waals surface area (Å²) in [5.41, 5.74) is 1.72. The SMILES string of the molecule is Cc1ccc([N+](=O)[O-])c(Sc2ccc(CC(=O)O)cc2)c1. The molecule has 0 saturated heterocycles. The summed E-state index contributed by atoms with van der Waals surface area (Å²) in [6.45, 7) is 1.88. The number of carbonyl (C=O) groups is 1. The van der Waals surface area contributed by atoms with E-state index in [9.17, 15) is 14.9 Å². The second kappa shape index (κ2) is 6.41. The molecular weight excluding hydrogens is 290 g/mol. The zero-order valence-electron chi connectivity index (χ0n) is 11.3. The minimum absolute atomic E-state index is 0.0322. The second-order valence-corrected chi connectivity index (χ2v) is 5.66. The van der Waals surface area contributed by atoms with Crippen molar-refractivity contribution >= 4 is 23.4 Å². The van der Waals surface area contributed by atoms with E-state index >= 15 is 0 Å². The summed E-state index contributed by atoms with van der Waals surface area (Å²) in [6, 6.07) is 12.0. The molecule has 2 aromatic carbocycles. The molecule has 2 aromatic rings. The van der Waals surface area contributed by atoms with Crippen LogP contribution in [0.15, 0.2) is 52.3 Å². The Hall–Kier alpha value is -2.34. The van der Waals surface area contributed by atoms with Gasteiger partial charge in [0.1, 0.15) is 0 Å². The monoisotopic (exact) mass is 303 g/mol. The third-order valence-corrected chi connectivity index (χ3v) is 3.87. The quantitative estimate of drug-likeness (QED) is 0.673. The first kappa shape index (κ1) is 15.1. The molecule has 0 fully saturated rings. The van der Waals surface area contributed by atoms with Gasteiger partial charge in [-0.05, 0) is 36.2 Å². The molecule has 0 aliphatic rings. The van der Waals surface area contributed by atoms with Crippen molar-refractivity contribution in [3.63, 3.8) is 0 Å². The van der Waals surface area contributed by atoms with Crippen LogP contribution in [0.1, 0.15) is 11.1 Å². The van der Waals surface area contributed by atoms with Gasteiger partial charge in [-0.25, -0.2) is 0 Å². The number of carboxylic acid groups (broad SMARTS) is 1. The van der Waals surface area contributed by atoms with E-state index in [0.717, 1.165) is 10.5 Å². The molecule has 0 amide bonds. The van der Waals surface area contributed by atoms with Crippen LogP contribution >= 0.6 is 11.8 Å². The first-order valence-corrected chi connectivity index (χ1v) is 7.01. The molecule has 0 aliphatic carbocycles. The van der Waals surface area contributed by atoms with Crippen molar-refractivity contribution in [3.05, 3.63) is 63.7 Å². The van der Waals surface area contributed by atoms with Crippen molar-refractivity contribution in [1.82, 2.24) is 0 Å². The molecule has 108 valence electrons. The molecule has 0 bridgehead atoms. The maximum absolute atomic E-state index is 11.0. The Morgan fingerprint density at radius 1 is 1.24 bits per heavy atom. The Labute approximate surface area is 125 Å². The second-order valence-electron chi connectivity index (χ2n) is 4.54. The number of benzene rings is 2. The van der Waals surface area contributed by atoms with Crippen LogP contribution in [0.4, 0.5) is 5.69 Å². The van der Waals surface area contributed by atoms with E-state index in [1.54, 1.807) is 36.4 Å². The highest BCUT2D eigenvalue weighted by Gasteiger charge is 2.14. The van der Waals surface area contributed by atoms with Crippen LogP contribution in [-0.4, -0.2) is 16.0 Å². The van der Waals surface area contributed by atoms with Gasteiger partial charge in [0.15, 0.2) is 0 Å². The van der Waals surface area contributed by atoms with Crippen molar-refractivity contribution < 1.29 is 14.8 Å². The fourth-order valence-corrected chi connectivity index (χ4v) is 2.85. The first-order valence-electron chi connectivity index (χ1n) is 6.19. The lowest BCUT2D eigenvalue weighted by Crippen LogP contribution is -1.99. The van der Waals surface area contributed by atoms with E-state index < -0.39 is 10.9 Å². The highest BCUT2D eigenvalue weighted by Crippen LogP contribution is 2.35. The molecule has 1 N–H and O–H groups in total. The summed E-state index contributed by atoms with van der Waals surface area (Å²) < 4.78 is 0. The molecule has 0 saturated carbocycles. The first-order chi connectivity index (χ1) is 9.95. The van der Waals surface area contributed by atoms with Gasteiger partial charge in [0, 0.05) is 11.0 Å². The van der Waals surface area contributed by atoms with Gasteiger partial charge in [0.05, 0.1) is 16.2 Å². The predicted molar refractivity (Wildman–Crippen MR) is 79.7 cm³/mol. The van der Waals surface area contributed by atoms with Gasteiger partial charge in [-0.3, -0.25) is 14.9 Å². The number of nitro benzene ring substituents is 1. The smallest absolute Gasteiger partial charge is 0.307 e. The number of hydrogen-bond acceptors (Lipinski definition) is 4. The van der Waals surface area contributed by atoms with E-state index in [-0.39, 0.29) is 12.1 Å². The molecule has 21 heavy (non-hydrogen) atoms. The van der Waals surface area contributed by atoms with Gasteiger partial charge in [-0.1, -0.05) is 30.0 Å². The van der Waals surface area contributed by atoms with Crippen LogP contribution in [0.3, 0.4) is 0 Å². The Balaban J connectivity index is 2.23. The van der Waals surface area contributed by atoms with E-state index in [4.69, 9.17) is 5.11 Å². The standard InChI is InChI=1S/C15H13NO4S/c1-10-2-7-13(16(19)20)14(8-10)21-12-5-3-11(4-6-12)9-15(17)18/h2-8H,9H2,1H3,(H,17,18). The minimum atomic E-state index is -0.885. The summed E-state index contributed by atoms with van der Waals surface area (Å²) in [7, 11) is 0. The van der Waals surface area contributed by atoms with Crippen LogP contribution in [0.5, 0.6) is 0 Å². The molecule has 0 unspecified atom stereocenters. The summed E-state index contributed by atoms with van der Waals surface area (Å²) in [6.07, 6.45) is -0.0322. The number of hydrogen-bond donors (Lipinski definition) is 1. The fourth-order valence-electron chi connectivity index (χ4n) is 1.83. The Kier molecular flexibility index (Phi) is 4.59. The number of rotatable bonds is 5. The van der Waals surface area contributed by atoms with Gasteiger partial charge >= 0.3 is 5.97 Å². The van der Waals surface area contributed by atoms with E-state index in [1.807, 2.05) is 6.92 Å². The zero-order valence-corrected chi connectivity index (χ0v) is 12.1. The van der Waals surface area contributed by atoms with Gasteiger partial charge in [-0.2, -0.15) is 0 Å². The molecule has 0 heterocycles. The third-order valence-electron chi connectivity index (χ3n) is 2.82. The lowest BCUT2D eigenvalue weighted by Gasteiger charge is -2.05. The number of carboxylic acids is 1. The third kappa shape index (κ3) is 4.06. The maximum Gasteiger partial charge on any atom is 0.307 e. The normalized spacial score (nSPS) is 10.3. The van der Waals surface area contributed by atoms with Crippen molar-refractivity contribution in [3.8, 4) is 0 Å². The van der Waals surface area contributed by atoms with Crippen molar-refractivity contribution in [2.45, 2.75) is 23.1 Å². The molecule has 0 aromatic heterocycles. The molecule has 0 spiro atoms. The summed E-state index contributed by atoms with van der Waals surface area (Å²) in [5.74, 6) is -0.885. The van der Waals surface area contributed by atoms with Crippen molar-refractivity contribution in [2.75, 3.05) is 0 Å². The van der Waals surface area contributed by atoms with Crippen LogP contribution in [0.25, 0.3) is 0 Å². The largest absolute Gasteiger partial charge is 0.481 e. The van der Waals surface area contributed by atoms with Crippen LogP contribution in [0, 0.1) is 17.0 Å². The van der Waals surface area contributed by atoms with Crippen molar-refractivity contribution in [1.29, 1.82) is 0 Å². The van der Waals surface area contributed by atoms with Gasteiger partial charge in [0.25, 0.3) is 5.69 Å². The highest BCUT2D eigenvalue weighted by molar-refractivity contribution is 7.99. The molecule has 5 nitrogen and oxygen atoms in total. The average Bonchev–Trinajstić information content (AvgIpc) is 2.40. The highest BCUT2D eigenvalue weighted by atomic mass is 32.2. The Morgan fingerprint density at radius 2 is 1.90 bits per heavy atom. The predicted octanol–water partition coefficient (Wildman–Crippen LogP) is 3.68. The summed E-state index contributed by atoms with van der Waals surface area (Å²) in [4.78, 5) is 22.7. The lowest BCUT2D eigenvalue weighted by molar-refractivity contribution is -0.387. The van der Waals surface area contributed by atoms with E-state index in [0.29, 0.717) is 10.5 Å². The van der Waals surface area contributed by atoms with Crippen molar-refractivity contribution in [2.24, 2.45) is 0 Å². The zero-order chi connectivity index (χ0) is 15.4.